The van der Waals surface area contributed by atoms with Gasteiger partial charge in [-0.1, -0.05) is 72.3 Å². The second kappa shape index (κ2) is 12.4. The number of carbonyl (C=O) groups excluding carboxylic acids is 1. The van der Waals surface area contributed by atoms with Crippen molar-refractivity contribution in [3.63, 3.8) is 0 Å². The lowest BCUT2D eigenvalue weighted by molar-refractivity contribution is 0.0951. The summed E-state index contributed by atoms with van der Waals surface area (Å²) in [6.45, 7) is 0.984. The Morgan fingerprint density at radius 2 is 1.72 bits per heavy atom. The summed E-state index contributed by atoms with van der Waals surface area (Å²) in [5.41, 5.74) is 11.2. The number of rotatable bonds is 7. The molecule has 4 aromatic carbocycles. The molecule has 0 aliphatic heterocycles. The van der Waals surface area contributed by atoms with E-state index in [1.165, 1.54) is 38.6 Å². The summed E-state index contributed by atoms with van der Waals surface area (Å²) in [5.74, 6) is 1.86. The number of para-hydroxylation sites is 1. The number of fused-ring (bicyclic) bond motifs is 6. The zero-order chi connectivity index (χ0) is 33.6. The van der Waals surface area contributed by atoms with Crippen LogP contribution in [0.15, 0.2) is 127 Å². The second-order valence-corrected chi connectivity index (χ2v) is 13.4. The second-order valence-electron chi connectivity index (χ2n) is 13.4. The van der Waals surface area contributed by atoms with E-state index < -0.39 is 0 Å². The fourth-order valence-corrected chi connectivity index (χ4v) is 7.70. The molecule has 0 saturated heterocycles. The Labute approximate surface area is 290 Å². The molecule has 3 heterocycles. The summed E-state index contributed by atoms with van der Waals surface area (Å²) < 4.78 is 0. The minimum atomic E-state index is -0.135. The molecule has 7 heteroatoms. The average Bonchev–Trinajstić information content (AvgIpc) is 3.57. The van der Waals surface area contributed by atoms with Gasteiger partial charge in [-0.05, 0) is 94.8 Å². The third-order valence-electron chi connectivity index (χ3n) is 10.2. The monoisotopic (exact) mass is 652 g/mol. The number of hydrogen-bond acceptors (Lipinski definition) is 5. The Balaban J connectivity index is 0.988. The summed E-state index contributed by atoms with van der Waals surface area (Å²) in [6, 6.07) is 33.4. The van der Waals surface area contributed by atoms with Gasteiger partial charge in [0, 0.05) is 48.4 Å². The van der Waals surface area contributed by atoms with Gasteiger partial charge in [-0.15, -0.1) is 0 Å². The van der Waals surface area contributed by atoms with Crippen LogP contribution in [-0.2, 0) is 19.5 Å². The van der Waals surface area contributed by atoms with E-state index in [9.17, 15) is 4.79 Å². The maximum absolute atomic E-state index is 12.9. The molecule has 2 N–H and O–H groups in total. The van der Waals surface area contributed by atoms with E-state index in [2.05, 4.69) is 100 Å². The molecule has 2 aliphatic carbocycles. The van der Waals surface area contributed by atoms with Gasteiger partial charge in [0.15, 0.2) is 0 Å². The molecule has 50 heavy (non-hydrogen) atoms. The fourth-order valence-electron chi connectivity index (χ4n) is 7.70. The van der Waals surface area contributed by atoms with Crippen LogP contribution >= 0.6 is 0 Å². The first-order chi connectivity index (χ1) is 24.6. The molecule has 0 fully saturated rings. The SMILES string of the molecule is CN(Cc1nc2cc(C(=O)NCc3ccncc3)ccc2[nH]1)c1nc2ccccc2cc1C1C=CC2=C(CCc3c2ccc2ccccc32)C1. The van der Waals surface area contributed by atoms with Crippen LogP contribution in [0.3, 0.4) is 0 Å². The van der Waals surface area contributed by atoms with E-state index in [1.54, 1.807) is 12.4 Å². The topological polar surface area (TPSA) is 86.8 Å². The van der Waals surface area contributed by atoms with Gasteiger partial charge >= 0.3 is 0 Å². The Morgan fingerprint density at radius 3 is 2.62 bits per heavy atom. The quantitative estimate of drug-likeness (QED) is 0.180. The lowest BCUT2D eigenvalue weighted by Gasteiger charge is -2.31. The highest BCUT2D eigenvalue weighted by molar-refractivity contribution is 5.97. The molecule has 2 aliphatic rings. The number of allylic oxidation sites excluding steroid dienone is 4. The van der Waals surface area contributed by atoms with Gasteiger partial charge in [0.05, 0.1) is 23.1 Å². The summed E-state index contributed by atoms with van der Waals surface area (Å²) >= 11 is 0. The Bertz CT molecular complexity index is 2500. The van der Waals surface area contributed by atoms with Crippen molar-refractivity contribution in [2.24, 2.45) is 0 Å². The molecule has 1 unspecified atom stereocenters. The van der Waals surface area contributed by atoms with Crippen molar-refractivity contribution in [2.45, 2.75) is 38.3 Å². The van der Waals surface area contributed by atoms with E-state index in [0.717, 1.165) is 58.4 Å². The van der Waals surface area contributed by atoms with Gasteiger partial charge in [0.2, 0.25) is 0 Å². The number of pyridine rings is 2. The number of amides is 1. The summed E-state index contributed by atoms with van der Waals surface area (Å²) in [6.07, 6.45) is 11.3. The van der Waals surface area contributed by atoms with Crippen LogP contribution in [0.5, 0.6) is 0 Å². The van der Waals surface area contributed by atoms with E-state index in [1.807, 2.05) is 36.4 Å². The van der Waals surface area contributed by atoms with Gasteiger partial charge in [-0.2, -0.15) is 0 Å². The molecular weight excluding hydrogens is 617 g/mol. The summed E-state index contributed by atoms with van der Waals surface area (Å²) in [5, 5.41) is 6.83. The number of aryl methyl sites for hydroxylation is 1. The Hall–Kier alpha value is -6.08. The standard InChI is InChI=1S/C43H36N6O/c1-49(26-41-46-39-17-13-32(24-40(39)47-41)43(50)45-25-27-18-20-44-21-19-27)42-37(23-31-7-3-5-9-38(31)48-42)30-11-14-34-29(22-30)12-16-35-33-8-4-2-6-28(33)10-15-36(34)35/h2-11,13-15,17-21,23-24,30H,12,16,22,25-26H2,1H3,(H,45,50)(H,46,47). The highest BCUT2D eigenvalue weighted by Crippen LogP contribution is 2.45. The largest absolute Gasteiger partial charge is 0.352 e. The van der Waals surface area contributed by atoms with E-state index in [0.29, 0.717) is 18.7 Å². The highest BCUT2D eigenvalue weighted by atomic mass is 16.1. The van der Waals surface area contributed by atoms with Crippen LogP contribution in [0.25, 0.3) is 38.3 Å². The van der Waals surface area contributed by atoms with Crippen molar-refractivity contribution in [3.8, 4) is 0 Å². The van der Waals surface area contributed by atoms with Crippen LogP contribution in [0.1, 0.15) is 57.2 Å². The fraction of sp³-hybridized carbons (Fsp3) is 0.163. The zero-order valence-corrected chi connectivity index (χ0v) is 27.9. The van der Waals surface area contributed by atoms with Crippen molar-refractivity contribution < 1.29 is 4.79 Å². The number of anilines is 1. The molecule has 0 saturated carbocycles. The van der Waals surface area contributed by atoms with E-state index in [-0.39, 0.29) is 11.8 Å². The third-order valence-corrected chi connectivity index (χ3v) is 10.2. The number of aromatic amines is 1. The molecule has 0 bridgehead atoms. The number of carbonyl (C=O) groups is 1. The first-order valence-electron chi connectivity index (χ1n) is 17.3. The normalized spacial score (nSPS) is 15.3. The molecule has 1 amide bonds. The van der Waals surface area contributed by atoms with E-state index >= 15 is 0 Å². The van der Waals surface area contributed by atoms with Gasteiger partial charge < -0.3 is 15.2 Å². The van der Waals surface area contributed by atoms with Crippen LogP contribution in [-0.4, -0.2) is 32.9 Å². The van der Waals surface area contributed by atoms with Gasteiger partial charge in [-0.3, -0.25) is 9.78 Å². The highest BCUT2D eigenvalue weighted by Gasteiger charge is 2.27. The number of benzene rings is 4. The Kier molecular flexibility index (Phi) is 7.46. The number of H-pyrrole nitrogens is 1. The van der Waals surface area contributed by atoms with Crippen molar-refractivity contribution in [1.29, 1.82) is 0 Å². The van der Waals surface area contributed by atoms with Crippen molar-refractivity contribution in [1.82, 2.24) is 25.3 Å². The smallest absolute Gasteiger partial charge is 0.251 e. The van der Waals surface area contributed by atoms with Crippen LogP contribution in [0.4, 0.5) is 5.82 Å². The summed E-state index contributed by atoms with van der Waals surface area (Å²) in [7, 11) is 2.09. The number of imidazole rings is 1. The molecule has 1 atom stereocenters. The minimum absolute atomic E-state index is 0.135. The summed E-state index contributed by atoms with van der Waals surface area (Å²) in [4.78, 5) is 32.8. The van der Waals surface area contributed by atoms with Crippen molar-refractivity contribution >= 4 is 50.0 Å². The number of nitrogens with one attached hydrogen (secondary N) is 2. The molecule has 0 spiro atoms. The molecule has 244 valence electrons. The number of hydrogen-bond donors (Lipinski definition) is 2. The molecule has 3 aromatic heterocycles. The van der Waals surface area contributed by atoms with Crippen LogP contribution in [0, 0.1) is 0 Å². The average molecular weight is 653 g/mol. The lowest BCUT2D eigenvalue weighted by Crippen LogP contribution is -2.22. The molecule has 0 radical (unpaired) electrons. The maximum Gasteiger partial charge on any atom is 0.251 e. The lowest BCUT2D eigenvalue weighted by atomic mass is 9.75. The van der Waals surface area contributed by atoms with Gasteiger partial charge in [0.1, 0.15) is 11.6 Å². The first kappa shape index (κ1) is 30.0. The molecule has 7 nitrogen and oxygen atoms in total. The van der Waals surface area contributed by atoms with E-state index in [4.69, 9.17) is 9.97 Å². The Morgan fingerprint density at radius 1 is 0.880 bits per heavy atom. The van der Waals surface area contributed by atoms with Crippen molar-refractivity contribution in [3.05, 3.63) is 161 Å². The molecular formula is C43H36N6O. The number of nitrogens with zero attached hydrogens (tertiary/aromatic N) is 4. The molecule has 7 aromatic rings. The first-order valence-corrected chi connectivity index (χ1v) is 17.3. The van der Waals surface area contributed by atoms with Crippen LogP contribution < -0.4 is 10.2 Å². The van der Waals surface area contributed by atoms with Gasteiger partial charge in [-0.25, -0.2) is 9.97 Å². The molecule has 9 rings (SSSR count). The minimum Gasteiger partial charge on any atom is -0.352 e. The predicted molar refractivity (Wildman–Crippen MR) is 201 cm³/mol. The zero-order valence-electron chi connectivity index (χ0n) is 27.9. The van der Waals surface area contributed by atoms with Crippen molar-refractivity contribution in [2.75, 3.05) is 11.9 Å². The maximum atomic E-state index is 12.9. The number of aromatic nitrogens is 4. The third kappa shape index (κ3) is 5.50. The predicted octanol–water partition coefficient (Wildman–Crippen LogP) is 8.67. The van der Waals surface area contributed by atoms with Gasteiger partial charge in [0.25, 0.3) is 5.91 Å². The van der Waals surface area contributed by atoms with Crippen LogP contribution in [0.2, 0.25) is 0 Å².